The van der Waals surface area contributed by atoms with Gasteiger partial charge in [0.1, 0.15) is 0 Å². The average Bonchev–Trinajstić information content (AvgIpc) is 2.56. The van der Waals surface area contributed by atoms with Crippen LogP contribution in [0.15, 0.2) is 23.8 Å². The van der Waals surface area contributed by atoms with Gasteiger partial charge < -0.3 is 5.11 Å². The molecule has 0 heterocycles. The van der Waals surface area contributed by atoms with Crippen LogP contribution < -0.4 is 0 Å². The Bertz CT molecular complexity index is 342. The summed E-state index contributed by atoms with van der Waals surface area (Å²) in [7, 11) is 0. The lowest BCUT2D eigenvalue weighted by atomic mass is 9.86. The molecule has 0 bridgehead atoms. The summed E-state index contributed by atoms with van der Waals surface area (Å²) in [6.07, 6.45) is 25.4. The molecule has 0 aromatic carbocycles. The Hall–Kier alpha value is -0.560. The van der Waals surface area contributed by atoms with Crippen molar-refractivity contribution in [2.24, 2.45) is 0 Å². The summed E-state index contributed by atoms with van der Waals surface area (Å²) in [4.78, 5) is 0. The molecule has 1 heteroatoms. The lowest BCUT2D eigenvalue weighted by Gasteiger charge is -2.26. The van der Waals surface area contributed by atoms with E-state index in [0.29, 0.717) is 0 Å². The molecule has 0 amide bonds. The lowest BCUT2D eigenvalue weighted by molar-refractivity contribution is 0.0798. The standard InChI is InChI=1S/C22H40O/c1-3-5-7-9-11-13-15-21-16-19-22(23,20-17-21)18-14-12-10-8-6-4-2/h16-17,19,23H,3-15,18,20H2,1-2H3. The van der Waals surface area contributed by atoms with Crippen LogP contribution in [0.1, 0.15) is 110 Å². The third-order valence-electron chi connectivity index (χ3n) is 5.11. The zero-order chi connectivity index (χ0) is 16.8. The van der Waals surface area contributed by atoms with E-state index in [1.807, 2.05) is 0 Å². The van der Waals surface area contributed by atoms with Gasteiger partial charge in [0.25, 0.3) is 0 Å². The van der Waals surface area contributed by atoms with Crippen LogP contribution >= 0.6 is 0 Å². The van der Waals surface area contributed by atoms with Gasteiger partial charge in [-0.05, 0) is 25.7 Å². The first-order valence-electron chi connectivity index (χ1n) is 10.3. The second kappa shape index (κ2) is 12.8. The van der Waals surface area contributed by atoms with E-state index < -0.39 is 5.60 Å². The van der Waals surface area contributed by atoms with Gasteiger partial charge in [-0.3, -0.25) is 0 Å². The molecule has 0 saturated heterocycles. The predicted molar refractivity (Wildman–Crippen MR) is 103 cm³/mol. The van der Waals surface area contributed by atoms with Gasteiger partial charge in [-0.2, -0.15) is 0 Å². The summed E-state index contributed by atoms with van der Waals surface area (Å²) in [5, 5.41) is 10.6. The van der Waals surface area contributed by atoms with Gasteiger partial charge >= 0.3 is 0 Å². The Morgan fingerprint density at radius 3 is 1.96 bits per heavy atom. The fraction of sp³-hybridized carbons (Fsp3) is 0.818. The SMILES string of the molecule is CCCCCCCCC1=CCC(O)(CCCCCCCC)C=C1. The van der Waals surface area contributed by atoms with E-state index in [1.165, 1.54) is 82.6 Å². The highest BCUT2D eigenvalue weighted by atomic mass is 16.3. The summed E-state index contributed by atoms with van der Waals surface area (Å²) in [5.41, 5.74) is 0.878. The van der Waals surface area contributed by atoms with Crippen molar-refractivity contribution in [1.82, 2.24) is 0 Å². The molecule has 1 N–H and O–H groups in total. The Balaban J connectivity index is 2.09. The van der Waals surface area contributed by atoms with Crippen molar-refractivity contribution in [3.8, 4) is 0 Å². The van der Waals surface area contributed by atoms with E-state index in [0.717, 1.165) is 19.3 Å². The van der Waals surface area contributed by atoms with Crippen molar-refractivity contribution in [3.05, 3.63) is 23.8 Å². The van der Waals surface area contributed by atoms with E-state index in [9.17, 15) is 5.11 Å². The second-order valence-corrected chi connectivity index (χ2v) is 7.46. The number of hydrogen-bond acceptors (Lipinski definition) is 1. The highest BCUT2D eigenvalue weighted by Crippen LogP contribution is 2.28. The second-order valence-electron chi connectivity index (χ2n) is 7.46. The van der Waals surface area contributed by atoms with Crippen molar-refractivity contribution in [2.45, 2.75) is 116 Å². The molecule has 134 valence electrons. The minimum atomic E-state index is -0.560. The fourth-order valence-corrected chi connectivity index (χ4v) is 3.40. The van der Waals surface area contributed by atoms with Crippen LogP contribution in [0.2, 0.25) is 0 Å². The molecule has 0 saturated carbocycles. The first-order valence-corrected chi connectivity index (χ1v) is 10.3. The van der Waals surface area contributed by atoms with Gasteiger partial charge in [-0.25, -0.2) is 0 Å². The van der Waals surface area contributed by atoms with Crippen molar-refractivity contribution < 1.29 is 5.11 Å². The van der Waals surface area contributed by atoms with Gasteiger partial charge in [0, 0.05) is 0 Å². The van der Waals surface area contributed by atoms with E-state index in [1.54, 1.807) is 0 Å². The number of unbranched alkanes of at least 4 members (excludes halogenated alkanes) is 10. The molecule has 1 aliphatic rings. The summed E-state index contributed by atoms with van der Waals surface area (Å²) in [6, 6.07) is 0. The van der Waals surface area contributed by atoms with Gasteiger partial charge in [0.05, 0.1) is 5.60 Å². The number of allylic oxidation sites excluding steroid dienone is 2. The lowest BCUT2D eigenvalue weighted by Crippen LogP contribution is -2.26. The van der Waals surface area contributed by atoms with Crippen LogP contribution in [0.3, 0.4) is 0 Å². The molecule has 0 aromatic rings. The molecular formula is C22H40O. The molecule has 1 rings (SSSR count). The maximum absolute atomic E-state index is 10.6. The molecule has 1 unspecified atom stereocenters. The topological polar surface area (TPSA) is 20.2 Å². The summed E-state index contributed by atoms with van der Waals surface area (Å²) in [6.45, 7) is 4.52. The monoisotopic (exact) mass is 320 g/mol. The maximum Gasteiger partial charge on any atom is 0.0865 e. The average molecular weight is 321 g/mol. The zero-order valence-corrected chi connectivity index (χ0v) is 15.8. The molecule has 0 radical (unpaired) electrons. The minimum Gasteiger partial charge on any atom is -0.385 e. The van der Waals surface area contributed by atoms with Crippen LogP contribution in [-0.2, 0) is 0 Å². The molecule has 1 atom stereocenters. The summed E-state index contributed by atoms with van der Waals surface area (Å²) in [5.74, 6) is 0. The summed E-state index contributed by atoms with van der Waals surface area (Å²) < 4.78 is 0. The van der Waals surface area contributed by atoms with Gasteiger partial charge in [0.2, 0.25) is 0 Å². The van der Waals surface area contributed by atoms with Crippen LogP contribution in [-0.4, -0.2) is 10.7 Å². The molecule has 1 nitrogen and oxygen atoms in total. The molecule has 0 spiro atoms. The van der Waals surface area contributed by atoms with Crippen LogP contribution in [0, 0.1) is 0 Å². The Morgan fingerprint density at radius 1 is 0.826 bits per heavy atom. The molecule has 0 aromatic heterocycles. The molecular weight excluding hydrogens is 280 g/mol. The number of hydrogen-bond donors (Lipinski definition) is 1. The van der Waals surface area contributed by atoms with Gasteiger partial charge in [-0.15, -0.1) is 0 Å². The normalized spacial score (nSPS) is 20.7. The highest BCUT2D eigenvalue weighted by Gasteiger charge is 2.24. The summed E-state index contributed by atoms with van der Waals surface area (Å²) >= 11 is 0. The smallest absolute Gasteiger partial charge is 0.0865 e. The minimum absolute atomic E-state index is 0.560. The number of aliphatic hydroxyl groups is 1. The van der Waals surface area contributed by atoms with Crippen molar-refractivity contribution in [2.75, 3.05) is 0 Å². The van der Waals surface area contributed by atoms with E-state index in [2.05, 4.69) is 32.1 Å². The Morgan fingerprint density at radius 2 is 1.39 bits per heavy atom. The van der Waals surface area contributed by atoms with E-state index in [4.69, 9.17) is 0 Å². The molecule has 23 heavy (non-hydrogen) atoms. The van der Waals surface area contributed by atoms with E-state index >= 15 is 0 Å². The first-order chi connectivity index (χ1) is 11.2. The van der Waals surface area contributed by atoms with Crippen molar-refractivity contribution in [3.63, 3.8) is 0 Å². The largest absolute Gasteiger partial charge is 0.385 e. The molecule has 0 fully saturated rings. The van der Waals surface area contributed by atoms with Crippen LogP contribution in [0.5, 0.6) is 0 Å². The zero-order valence-electron chi connectivity index (χ0n) is 15.8. The van der Waals surface area contributed by atoms with Crippen molar-refractivity contribution >= 4 is 0 Å². The fourth-order valence-electron chi connectivity index (χ4n) is 3.40. The third kappa shape index (κ3) is 10.0. The van der Waals surface area contributed by atoms with Crippen LogP contribution in [0.25, 0.3) is 0 Å². The van der Waals surface area contributed by atoms with E-state index in [-0.39, 0.29) is 0 Å². The van der Waals surface area contributed by atoms with Gasteiger partial charge in [-0.1, -0.05) is 108 Å². The molecule has 1 aliphatic carbocycles. The quantitative estimate of drug-likeness (QED) is 0.338. The molecule has 0 aliphatic heterocycles. The third-order valence-corrected chi connectivity index (χ3v) is 5.11. The number of rotatable bonds is 14. The highest BCUT2D eigenvalue weighted by molar-refractivity contribution is 5.27. The Labute approximate surface area is 145 Å². The maximum atomic E-state index is 10.6. The van der Waals surface area contributed by atoms with Gasteiger partial charge in [0.15, 0.2) is 0 Å². The predicted octanol–water partition coefficient (Wildman–Crippen LogP) is 7.11. The van der Waals surface area contributed by atoms with Crippen LogP contribution in [0.4, 0.5) is 0 Å². The van der Waals surface area contributed by atoms with Crippen molar-refractivity contribution in [1.29, 1.82) is 0 Å². The first kappa shape index (κ1) is 20.5. The Kier molecular flexibility index (Phi) is 11.4.